The predicted molar refractivity (Wildman–Crippen MR) is 181 cm³/mol. The summed E-state index contributed by atoms with van der Waals surface area (Å²) >= 11 is 0. The highest BCUT2D eigenvalue weighted by molar-refractivity contribution is 6.13. The summed E-state index contributed by atoms with van der Waals surface area (Å²) in [5, 5.41) is 2.33. The van der Waals surface area contributed by atoms with Gasteiger partial charge in [-0.2, -0.15) is 0 Å². The van der Waals surface area contributed by atoms with Gasteiger partial charge in [0.15, 0.2) is 0 Å². The number of benzene rings is 4. The molecule has 0 N–H and O–H groups in total. The van der Waals surface area contributed by atoms with Gasteiger partial charge in [0.2, 0.25) is 0 Å². The Morgan fingerprint density at radius 1 is 0.756 bits per heavy atom. The van der Waals surface area contributed by atoms with Crippen LogP contribution in [0.15, 0.2) is 157 Å². The Kier molecular flexibility index (Phi) is 9.91. The van der Waals surface area contributed by atoms with E-state index in [-0.39, 0.29) is 0 Å². The van der Waals surface area contributed by atoms with Gasteiger partial charge in [-0.3, -0.25) is 0 Å². The molecule has 0 amide bonds. The maximum absolute atomic E-state index is 6.25. The van der Waals surface area contributed by atoms with E-state index in [9.17, 15) is 0 Å². The van der Waals surface area contributed by atoms with Crippen molar-refractivity contribution >= 4 is 33.1 Å². The highest BCUT2D eigenvalue weighted by atomic mass is 16.3. The summed E-state index contributed by atoms with van der Waals surface area (Å²) in [5.74, 6) is 0. The fourth-order valence-corrected chi connectivity index (χ4v) is 5.16. The third-order valence-corrected chi connectivity index (χ3v) is 7.14. The summed E-state index contributed by atoms with van der Waals surface area (Å²) in [5.41, 5.74) is 11.3. The second kappa shape index (κ2) is 14.0. The molecule has 4 aromatic carbocycles. The molecule has 5 aromatic rings. The Bertz CT molecular complexity index is 1790. The topological polar surface area (TPSA) is 13.1 Å². The van der Waals surface area contributed by atoms with E-state index in [0.717, 1.165) is 27.7 Å². The van der Waals surface area contributed by atoms with Gasteiger partial charge in [-0.1, -0.05) is 135 Å². The van der Waals surface area contributed by atoms with Crippen molar-refractivity contribution in [3.05, 3.63) is 169 Å². The van der Waals surface area contributed by atoms with Gasteiger partial charge >= 0.3 is 0 Å². The standard InChI is InChI=1S/C33H28O.C7H10/c1-5-27(24-13-8-7-9-14-24)23(4)28(6-2)25-15-12-16-26(21-25)29-20-19-22(3)33-32(29)30-17-10-11-18-31(30)34-33;1-3-5-7-6-4-2/h5-21H,1H2,2-4H3;3-7H,1H2,2H3/b27-23+,28-6+;6-4-,7-5-. The van der Waals surface area contributed by atoms with Crippen LogP contribution < -0.4 is 0 Å². The zero-order chi connectivity index (χ0) is 29.2. The molecule has 41 heavy (non-hydrogen) atoms. The average molecular weight is 535 g/mol. The number of fused-ring (bicyclic) bond motifs is 3. The minimum absolute atomic E-state index is 0.926. The van der Waals surface area contributed by atoms with Crippen LogP contribution >= 0.6 is 0 Å². The van der Waals surface area contributed by atoms with Crippen molar-refractivity contribution in [3.8, 4) is 11.1 Å². The quantitative estimate of drug-likeness (QED) is 0.189. The summed E-state index contributed by atoms with van der Waals surface area (Å²) in [6.07, 6.45) is 13.7. The molecule has 204 valence electrons. The van der Waals surface area contributed by atoms with E-state index in [1.165, 1.54) is 38.8 Å². The minimum atomic E-state index is 0.926. The van der Waals surface area contributed by atoms with Crippen LogP contribution in [0, 0.1) is 6.92 Å². The average Bonchev–Trinajstić information content (AvgIpc) is 3.40. The van der Waals surface area contributed by atoms with Gasteiger partial charge in [0.25, 0.3) is 0 Å². The molecule has 0 spiro atoms. The lowest BCUT2D eigenvalue weighted by Crippen LogP contribution is -1.93. The summed E-state index contributed by atoms with van der Waals surface area (Å²) in [6.45, 7) is 16.0. The first-order valence-electron chi connectivity index (χ1n) is 14.0. The van der Waals surface area contributed by atoms with Crippen LogP contribution in [0.4, 0.5) is 0 Å². The van der Waals surface area contributed by atoms with Gasteiger partial charge < -0.3 is 4.42 Å². The van der Waals surface area contributed by atoms with E-state index in [1.807, 2.05) is 55.5 Å². The molecule has 1 heterocycles. The molecule has 0 aliphatic rings. The lowest BCUT2D eigenvalue weighted by molar-refractivity contribution is 0.666. The summed E-state index contributed by atoms with van der Waals surface area (Å²) in [6, 6.07) is 31.9. The van der Waals surface area contributed by atoms with E-state index in [1.54, 1.807) is 6.08 Å². The van der Waals surface area contributed by atoms with Crippen molar-refractivity contribution in [2.75, 3.05) is 0 Å². The van der Waals surface area contributed by atoms with Crippen molar-refractivity contribution in [2.24, 2.45) is 0 Å². The van der Waals surface area contributed by atoms with Gasteiger partial charge in [0, 0.05) is 10.8 Å². The van der Waals surface area contributed by atoms with Gasteiger partial charge in [0.1, 0.15) is 11.2 Å². The minimum Gasteiger partial charge on any atom is -0.456 e. The van der Waals surface area contributed by atoms with Crippen molar-refractivity contribution in [1.29, 1.82) is 0 Å². The summed E-state index contributed by atoms with van der Waals surface area (Å²) < 4.78 is 6.25. The molecule has 5 rings (SSSR count). The van der Waals surface area contributed by atoms with E-state index >= 15 is 0 Å². The first kappa shape index (κ1) is 29.1. The van der Waals surface area contributed by atoms with Crippen molar-refractivity contribution < 1.29 is 4.42 Å². The molecule has 0 unspecified atom stereocenters. The van der Waals surface area contributed by atoms with Crippen molar-refractivity contribution in [1.82, 2.24) is 0 Å². The van der Waals surface area contributed by atoms with E-state index in [2.05, 4.69) is 113 Å². The highest BCUT2D eigenvalue weighted by Gasteiger charge is 2.16. The van der Waals surface area contributed by atoms with Crippen LogP contribution in [0.25, 0.3) is 44.2 Å². The predicted octanol–water partition coefficient (Wildman–Crippen LogP) is 11.9. The Hall–Kier alpha value is -4.88. The highest BCUT2D eigenvalue weighted by Crippen LogP contribution is 2.39. The number of aryl methyl sites for hydroxylation is 1. The number of hydrogen-bond acceptors (Lipinski definition) is 1. The number of para-hydroxylation sites is 1. The fraction of sp³-hybridized carbons (Fsp3) is 0.100. The number of rotatable bonds is 7. The van der Waals surface area contributed by atoms with Crippen LogP contribution in [0.1, 0.15) is 37.5 Å². The Labute approximate surface area is 244 Å². The lowest BCUT2D eigenvalue weighted by Gasteiger charge is -2.15. The van der Waals surface area contributed by atoms with E-state index in [4.69, 9.17) is 4.42 Å². The Balaban J connectivity index is 0.000000493. The molecule has 1 aromatic heterocycles. The molecule has 0 aliphatic carbocycles. The van der Waals surface area contributed by atoms with Crippen molar-refractivity contribution in [3.63, 3.8) is 0 Å². The molecule has 1 nitrogen and oxygen atoms in total. The second-order valence-corrected chi connectivity index (χ2v) is 9.77. The zero-order valence-corrected chi connectivity index (χ0v) is 24.5. The van der Waals surface area contributed by atoms with Crippen LogP contribution in [0.5, 0.6) is 0 Å². The lowest BCUT2D eigenvalue weighted by atomic mass is 9.89. The molecule has 0 saturated carbocycles. The zero-order valence-electron chi connectivity index (χ0n) is 24.5. The summed E-state index contributed by atoms with van der Waals surface area (Å²) in [4.78, 5) is 0. The SMILES string of the molecule is C=C/C(=C(C)\C(=C/C)c1cccc(-c2ccc(C)c3oc4ccccc4c23)c1)c1ccccc1.C=C/C=C\C=C/C. The molecular weight excluding hydrogens is 496 g/mol. The fourth-order valence-electron chi connectivity index (χ4n) is 5.16. The van der Waals surface area contributed by atoms with Crippen LogP contribution in [0.3, 0.4) is 0 Å². The molecule has 0 aliphatic heterocycles. The second-order valence-electron chi connectivity index (χ2n) is 9.77. The van der Waals surface area contributed by atoms with Gasteiger partial charge in [-0.05, 0) is 84.4 Å². The van der Waals surface area contributed by atoms with Crippen LogP contribution in [-0.4, -0.2) is 0 Å². The number of furan rings is 1. The number of hydrogen-bond donors (Lipinski definition) is 0. The maximum Gasteiger partial charge on any atom is 0.138 e. The molecule has 0 radical (unpaired) electrons. The van der Waals surface area contributed by atoms with Gasteiger partial charge in [-0.25, -0.2) is 0 Å². The molecular formula is C40H38O. The van der Waals surface area contributed by atoms with Crippen LogP contribution in [0.2, 0.25) is 0 Å². The molecule has 0 atom stereocenters. The molecule has 0 saturated heterocycles. The van der Waals surface area contributed by atoms with Crippen LogP contribution in [-0.2, 0) is 0 Å². The molecule has 0 fully saturated rings. The Morgan fingerprint density at radius 3 is 2.20 bits per heavy atom. The third kappa shape index (κ3) is 6.48. The first-order valence-corrected chi connectivity index (χ1v) is 14.0. The van der Waals surface area contributed by atoms with Gasteiger partial charge in [0.05, 0.1) is 0 Å². The summed E-state index contributed by atoms with van der Waals surface area (Å²) in [7, 11) is 0. The molecule has 1 heteroatoms. The van der Waals surface area contributed by atoms with Gasteiger partial charge in [-0.15, -0.1) is 0 Å². The van der Waals surface area contributed by atoms with Crippen molar-refractivity contribution in [2.45, 2.75) is 27.7 Å². The smallest absolute Gasteiger partial charge is 0.138 e. The van der Waals surface area contributed by atoms with E-state index < -0.39 is 0 Å². The van der Waals surface area contributed by atoms with E-state index in [0.29, 0.717) is 0 Å². The third-order valence-electron chi connectivity index (χ3n) is 7.14. The normalized spacial score (nSPS) is 12.4. The largest absolute Gasteiger partial charge is 0.456 e. The maximum atomic E-state index is 6.25. The Morgan fingerprint density at radius 2 is 1.49 bits per heavy atom. The number of allylic oxidation sites excluding steroid dienone is 10. The molecule has 0 bridgehead atoms. The monoisotopic (exact) mass is 534 g/mol. The first-order chi connectivity index (χ1) is 20.0.